The van der Waals surface area contributed by atoms with Crippen LogP contribution in [0.4, 0.5) is 0 Å². The number of hydrogen-bond acceptors (Lipinski definition) is 2. The molecule has 0 heterocycles. The predicted molar refractivity (Wildman–Crippen MR) is 35.7 cm³/mol. The standard InChI is InChI=1S/Al.Ca.H2O4S.H2O.5H/c;;1-5(2,3)4;;;;;;/h;;(H2,1,2,3,4);1H2;;;;;/q;+2;;;;;;2*-1. The molecule has 0 aliphatic rings. The van der Waals surface area contributed by atoms with E-state index in [0.29, 0.717) is 0 Å². The Labute approximate surface area is 90.4 Å². The molecule has 0 fully saturated rings. The van der Waals surface area contributed by atoms with Crippen LogP contribution in [0.1, 0.15) is 2.85 Å². The van der Waals surface area contributed by atoms with E-state index in [1.165, 1.54) is 0 Å². The summed E-state index contributed by atoms with van der Waals surface area (Å²) >= 11 is 0. The molecule has 8 heavy (non-hydrogen) atoms. The van der Waals surface area contributed by atoms with Gasteiger partial charge in [-0.1, -0.05) is 0 Å². The fourth-order valence-electron chi connectivity index (χ4n) is 0. The summed E-state index contributed by atoms with van der Waals surface area (Å²) in [6, 6.07) is 0. The first kappa shape index (κ1) is 22.6. The Balaban J connectivity index is -0.00000000800. The topological polar surface area (TPSA) is 106 Å². The molecule has 0 spiro atoms. The van der Waals surface area contributed by atoms with Gasteiger partial charge in [0.15, 0.2) is 17.4 Å². The Kier molecular flexibility index (Phi) is 24.4. The van der Waals surface area contributed by atoms with E-state index in [9.17, 15) is 0 Å². The summed E-state index contributed by atoms with van der Waals surface area (Å²) in [6.45, 7) is 0. The van der Waals surface area contributed by atoms with Gasteiger partial charge in [-0.2, -0.15) is 8.42 Å². The van der Waals surface area contributed by atoms with Gasteiger partial charge in [-0.3, -0.25) is 9.11 Å². The molecule has 0 saturated carbocycles. The second-order valence-electron chi connectivity index (χ2n) is 0.448. The van der Waals surface area contributed by atoms with Crippen molar-refractivity contribution < 1.29 is 25.9 Å². The smallest absolute Gasteiger partial charge is 1.00 e. The Morgan fingerprint density at radius 3 is 1.25 bits per heavy atom. The molecular formula is H9AlCaO5S. The molecule has 0 aromatic rings. The van der Waals surface area contributed by atoms with Gasteiger partial charge >= 0.3 is 48.1 Å². The van der Waals surface area contributed by atoms with Crippen LogP contribution in [-0.2, 0) is 10.4 Å². The van der Waals surface area contributed by atoms with Crippen molar-refractivity contribution >= 4 is 65.5 Å². The molecule has 0 aliphatic heterocycles. The Morgan fingerprint density at radius 1 is 1.25 bits per heavy atom. The van der Waals surface area contributed by atoms with Crippen LogP contribution in [0.5, 0.6) is 0 Å². The molecule has 0 saturated heterocycles. The number of rotatable bonds is 0. The van der Waals surface area contributed by atoms with Gasteiger partial charge in [-0.15, -0.1) is 0 Å². The van der Waals surface area contributed by atoms with Crippen molar-refractivity contribution in [3.8, 4) is 0 Å². The van der Waals surface area contributed by atoms with Crippen LogP contribution < -0.4 is 0 Å². The van der Waals surface area contributed by atoms with Gasteiger partial charge in [0.25, 0.3) is 0 Å². The van der Waals surface area contributed by atoms with E-state index >= 15 is 0 Å². The molecule has 0 unspecified atom stereocenters. The minimum atomic E-state index is -4.67. The molecule has 4 N–H and O–H groups in total. The third-order valence-electron chi connectivity index (χ3n) is 0. The molecule has 0 rings (SSSR count). The van der Waals surface area contributed by atoms with Gasteiger partial charge in [0, 0.05) is 0 Å². The van der Waals surface area contributed by atoms with Gasteiger partial charge in [0.05, 0.1) is 0 Å². The van der Waals surface area contributed by atoms with Crippen LogP contribution in [-0.4, -0.2) is 78.1 Å². The van der Waals surface area contributed by atoms with Gasteiger partial charge in [-0.05, 0) is 0 Å². The summed E-state index contributed by atoms with van der Waals surface area (Å²) in [5.74, 6) is 0. The van der Waals surface area contributed by atoms with Crippen molar-refractivity contribution in [2.75, 3.05) is 0 Å². The third-order valence-corrected chi connectivity index (χ3v) is 0. The zero-order chi connectivity index (χ0) is 4.50. The summed E-state index contributed by atoms with van der Waals surface area (Å²) in [5.41, 5.74) is 0. The van der Waals surface area contributed by atoms with Gasteiger partial charge in [-0.25, -0.2) is 0 Å². The molecule has 0 aromatic heterocycles. The summed E-state index contributed by atoms with van der Waals surface area (Å²) in [7, 11) is -4.67. The molecule has 0 bridgehead atoms. The summed E-state index contributed by atoms with van der Waals surface area (Å²) < 4.78 is 31.6. The molecule has 0 atom stereocenters. The maximum atomic E-state index is 8.74. The maximum Gasteiger partial charge on any atom is 2.00 e. The zero-order valence-corrected chi connectivity index (χ0v) is 6.35. The molecule has 50 valence electrons. The monoisotopic (exact) mass is 188 g/mol. The molecular weight excluding hydrogens is 179 g/mol. The van der Waals surface area contributed by atoms with Crippen molar-refractivity contribution in [3.05, 3.63) is 0 Å². The average Bonchev–Trinajstić information content (AvgIpc) is 0.722. The normalized spacial score (nSPS) is 7.25. The molecule has 5 nitrogen and oxygen atoms in total. The minimum Gasteiger partial charge on any atom is -1.00 e. The first-order valence-electron chi connectivity index (χ1n) is 0.698. The molecule has 0 radical (unpaired) electrons. The SMILES string of the molecule is O.O=S(=O)(O)O.[AlH3].[Ca+2].[H-].[H-]. The van der Waals surface area contributed by atoms with Crippen molar-refractivity contribution in [3.63, 3.8) is 0 Å². The molecule has 0 aromatic carbocycles. The van der Waals surface area contributed by atoms with Gasteiger partial charge in [0.1, 0.15) is 0 Å². The fraction of sp³-hybridized carbons (Fsp3) is 0. The van der Waals surface area contributed by atoms with E-state index in [4.69, 9.17) is 17.5 Å². The van der Waals surface area contributed by atoms with Crippen LogP contribution in [0.25, 0.3) is 0 Å². The first-order valence-corrected chi connectivity index (χ1v) is 2.10. The quantitative estimate of drug-likeness (QED) is 0.316. The predicted octanol–water partition coefficient (Wildman–Crippen LogP) is -2.82. The van der Waals surface area contributed by atoms with E-state index in [2.05, 4.69) is 0 Å². The van der Waals surface area contributed by atoms with Gasteiger partial charge in [0.2, 0.25) is 0 Å². The Hall–Kier alpha value is 1.62. The van der Waals surface area contributed by atoms with E-state index in [1.54, 1.807) is 0 Å². The van der Waals surface area contributed by atoms with Crippen molar-refractivity contribution in [2.45, 2.75) is 0 Å². The van der Waals surface area contributed by atoms with Crippen LogP contribution >= 0.6 is 0 Å². The van der Waals surface area contributed by atoms with Crippen LogP contribution in [0.3, 0.4) is 0 Å². The van der Waals surface area contributed by atoms with Gasteiger partial charge < -0.3 is 8.33 Å². The van der Waals surface area contributed by atoms with E-state index in [1.807, 2.05) is 0 Å². The third kappa shape index (κ3) is 127. The second-order valence-corrected chi connectivity index (χ2v) is 1.34. The molecule has 0 amide bonds. The first-order chi connectivity index (χ1) is 2.00. The fourth-order valence-corrected chi connectivity index (χ4v) is 0. The largest absolute Gasteiger partial charge is 2.00 e. The molecule has 8 heteroatoms. The van der Waals surface area contributed by atoms with Crippen LogP contribution in [0, 0.1) is 0 Å². The summed E-state index contributed by atoms with van der Waals surface area (Å²) in [6.07, 6.45) is 0. The maximum absolute atomic E-state index is 8.74. The van der Waals surface area contributed by atoms with E-state index < -0.39 is 10.4 Å². The minimum absolute atomic E-state index is 0. The van der Waals surface area contributed by atoms with Crippen molar-refractivity contribution in [1.29, 1.82) is 0 Å². The second kappa shape index (κ2) is 8.62. The van der Waals surface area contributed by atoms with Crippen molar-refractivity contribution in [1.82, 2.24) is 0 Å². The van der Waals surface area contributed by atoms with Crippen molar-refractivity contribution in [2.24, 2.45) is 0 Å². The zero-order valence-electron chi connectivity index (χ0n) is 5.33. The Morgan fingerprint density at radius 2 is 1.25 bits per heavy atom. The molecule has 0 aliphatic carbocycles. The van der Waals surface area contributed by atoms with E-state index in [-0.39, 0.29) is 63.4 Å². The van der Waals surface area contributed by atoms with Crippen LogP contribution in [0.2, 0.25) is 0 Å². The summed E-state index contributed by atoms with van der Waals surface area (Å²) in [4.78, 5) is 0. The summed E-state index contributed by atoms with van der Waals surface area (Å²) in [5, 5.41) is 0. The average molecular weight is 188 g/mol. The van der Waals surface area contributed by atoms with Crippen LogP contribution in [0.15, 0.2) is 0 Å². The van der Waals surface area contributed by atoms with E-state index in [0.717, 1.165) is 0 Å². The number of hydrogen-bond donors (Lipinski definition) is 2. The Bertz CT molecular complexity index is 103.